The van der Waals surface area contributed by atoms with E-state index in [2.05, 4.69) is 0 Å². The minimum Gasteiger partial charge on any atom is -0.495 e. The largest absolute Gasteiger partial charge is 0.495 e. The zero-order valence-corrected chi connectivity index (χ0v) is 13.4. The maximum absolute atomic E-state index is 12.6. The predicted molar refractivity (Wildman–Crippen MR) is 82.5 cm³/mol. The molecule has 2 rings (SSSR count). The molecule has 0 aliphatic heterocycles. The number of hydrogen-bond acceptors (Lipinski definition) is 4. The molecule has 0 atom stereocenters. The summed E-state index contributed by atoms with van der Waals surface area (Å²) in [6.45, 7) is 2.06. The van der Waals surface area contributed by atoms with Gasteiger partial charge in [0.25, 0.3) is 10.0 Å². The van der Waals surface area contributed by atoms with E-state index in [1.807, 2.05) is 0 Å². The lowest BCUT2D eigenvalue weighted by Gasteiger charge is -2.24. The molecule has 0 aliphatic carbocycles. The quantitative estimate of drug-likeness (QED) is 0.840. The van der Waals surface area contributed by atoms with Crippen molar-refractivity contribution in [2.75, 3.05) is 18.0 Å². The first-order chi connectivity index (χ1) is 9.50. The number of thiophene rings is 1. The molecule has 2 aromatic rings. The second kappa shape index (κ2) is 6.03. The van der Waals surface area contributed by atoms with Gasteiger partial charge in [-0.1, -0.05) is 17.7 Å². The van der Waals surface area contributed by atoms with Crippen molar-refractivity contribution >= 4 is 38.6 Å². The fourth-order valence-electron chi connectivity index (χ4n) is 1.85. The average molecular weight is 332 g/mol. The number of nitrogens with zero attached hydrogens (tertiary/aromatic N) is 1. The number of methoxy groups -OCH3 is 1. The Labute approximate surface area is 127 Å². The Kier molecular flexibility index (Phi) is 4.57. The van der Waals surface area contributed by atoms with Crippen LogP contribution in [-0.2, 0) is 10.0 Å². The lowest BCUT2D eigenvalue weighted by atomic mass is 10.3. The summed E-state index contributed by atoms with van der Waals surface area (Å²) in [5.41, 5.74) is 0.441. The second-order valence-corrected chi connectivity index (χ2v) is 7.39. The molecule has 0 amide bonds. The molecule has 0 N–H and O–H groups in total. The molecule has 7 heteroatoms. The minimum absolute atomic E-state index is 0.289. The normalized spacial score (nSPS) is 11.3. The van der Waals surface area contributed by atoms with Gasteiger partial charge in [0.2, 0.25) is 0 Å². The van der Waals surface area contributed by atoms with E-state index in [0.29, 0.717) is 20.7 Å². The Morgan fingerprint density at radius 2 is 2.10 bits per heavy atom. The van der Waals surface area contributed by atoms with Crippen LogP contribution in [-0.4, -0.2) is 22.1 Å². The highest BCUT2D eigenvalue weighted by atomic mass is 35.5. The maximum atomic E-state index is 12.6. The topological polar surface area (TPSA) is 46.6 Å². The summed E-state index contributed by atoms with van der Waals surface area (Å²) in [5.74, 6) is 0.469. The van der Waals surface area contributed by atoms with Crippen LogP contribution in [0.15, 0.2) is 39.9 Å². The van der Waals surface area contributed by atoms with E-state index in [9.17, 15) is 8.42 Å². The van der Waals surface area contributed by atoms with Crippen molar-refractivity contribution in [3.8, 4) is 5.75 Å². The number of ether oxygens (including phenoxy) is 1. The van der Waals surface area contributed by atoms with Crippen LogP contribution >= 0.6 is 22.9 Å². The van der Waals surface area contributed by atoms with Crippen molar-refractivity contribution in [2.45, 2.75) is 11.1 Å². The van der Waals surface area contributed by atoms with Crippen LogP contribution in [0.4, 0.5) is 5.69 Å². The van der Waals surface area contributed by atoms with Crippen molar-refractivity contribution in [2.24, 2.45) is 0 Å². The molecule has 1 aromatic carbocycles. The molecule has 0 radical (unpaired) electrons. The van der Waals surface area contributed by atoms with Crippen molar-refractivity contribution in [3.63, 3.8) is 0 Å². The molecule has 0 fully saturated rings. The lowest BCUT2D eigenvalue weighted by Crippen LogP contribution is -2.30. The molecular weight excluding hydrogens is 318 g/mol. The Hall–Kier alpha value is -1.24. The van der Waals surface area contributed by atoms with Crippen molar-refractivity contribution in [1.82, 2.24) is 0 Å². The highest BCUT2D eigenvalue weighted by molar-refractivity contribution is 7.94. The van der Waals surface area contributed by atoms with E-state index in [1.165, 1.54) is 22.8 Å². The number of benzene rings is 1. The van der Waals surface area contributed by atoms with Gasteiger partial charge in [0.15, 0.2) is 0 Å². The van der Waals surface area contributed by atoms with Gasteiger partial charge in [-0.25, -0.2) is 8.42 Å². The molecule has 0 bridgehead atoms. The first-order valence-electron chi connectivity index (χ1n) is 5.90. The van der Waals surface area contributed by atoms with E-state index in [0.717, 1.165) is 0 Å². The summed E-state index contributed by atoms with van der Waals surface area (Å²) in [6.07, 6.45) is 0. The van der Waals surface area contributed by atoms with Gasteiger partial charge in [-0.3, -0.25) is 4.31 Å². The standard InChI is InChI=1S/C13H14ClNO3S2/c1-3-15(20(16,17)13-5-4-8-19-13)11-9-10(14)6-7-12(11)18-2/h4-9H,3H2,1-2H3. The van der Waals surface area contributed by atoms with E-state index in [4.69, 9.17) is 16.3 Å². The SMILES string of the molecule is CCN(c1cc(Cl)ccc1OC)S(=O)(=O)c1cccs1. The summed E-state index contributed by atoms with van der Waals surface area (Å²) in [7, 11) is -2.10. The van der Waals surface area contributed by atoms with E-state index in [-0.39, 0.29) is 6.54 Å². The molecule has 108 valence electrons. The van der Waals surface area contributed by atoms with Gasteiger partial charge in [0, 0.05) is 11.6 Å². The molecule has 0 aliphatic rings. The second-order valence-electron chi connectivity index (χ2n) is 3.92. The number of halogens is 1. The Bertz CT molecular complexity index is 684. The van der Waals surface area contributed by atoms with Gasteiger partial charge in [-0.05, 0) is 36.6 Å². The highest BCUT2D eigenvalue weighted by Gasteiger charge is 2.27. The summed E-state index contributed by atoms with van der Waals surface area (Å²) in [6, 6.07) is 8.20. The smallest absolute Gasteiger partial charge is 0.273 e. The minimum atomic E-state index is -3.60. The number of hydrogen-bond donors (Lipinski definition) is 0. The zero-order valence-electron chi connectivity index (χ0n) is 11.0. The van der Waals surface area contributed by atoms with Crippen LogP contribution in [0.1, 0.15) is 6.92 Å². The molecular formula is C13H14ClNO3S2. The van der Waals surface area contributed by atoms with Crippen LogP contribution in [0.25, 0.3) is 0 Å². The molecule has 0 spiro atoms. The van der Waals surface area contributed by atoms with Gasteiger partial charge in [0.1, 0.15) is 9.96 Å². The molecule has 0 saturated carbocycles. The summed E-state index contributed by atoms with van der Waals surface area (Å²) in [4.78, 5) is 0. The molecule has 0 saturated heterocycles. The Morgan fingerprint density at radius 3 is 2.65 bits per heavy atom. The van der Waals surface area contributed by atoms with E-state index < -0.39 is 10.0 Å². The third-order valence-corrected chi connectivity index (χ3v) is 6.23. The van der Waals surface area contributed by atoms with Crippen molar-refractivity contribution in [3.05, 3.63) is 40.7 Å². The number of anilines is 1. The molecule has 20 heavy (non-hydrogen) atoms. The third kappa shape index (κ3) is 2.77. The van der Waals surface area contributed by atoms with Crippen molar-refractivity contribution < 1.29 is 13.2 Å². The van der Waals surface area contributed by atoms with Gasteiger partial charge in [-0.2, -0.15) is 0 Å². The molecule has 4 nitrogen and oxygen atoms in total. The maximum Gasteiger partial charge on any atom is 0.273 e. The van der Waals surface area contributed by atoms with Crippen LogP contribution in [0.3, 0.4) is 0 Å². The van der Waals surface area contributed by atoms with Gasteiger partial charge in [0.05, 0.1) is 12.8 Å². The average Bonchev–Trinajstić information content (AvgIpc) is 2.94. The van der Waals surface area contributed by atoms with E-state index >= 15 is 0 Å². The lowest BCUT2D eigenvalue weighted by molar-refractivity contribution is 0.415. The number of sulfonamides is 1. The van der Waals surface area contributed by atoms with Crippen molar-refractivity contribution in [1.29, 1.82) is 0 Å². The highest BCUT2D eigenvalue weighted by Crippen LogP contribution is 2.35. The third-order valence-electron chi connectivity index (χ3n) is 2.74. The molecule has 0 unspecified atom stereocenters. The fourth-order valence-corrected chi connectivity index (χ4v) is 4.59. The van der Waals surface area contributed by atoms with Gasteiger partial charge >= 0.3 is 0 Å². The van der Waals surface area contributed by atoms with E-state index in [1.54, 1.807) is 42.6 Å². The Balaban J connectivity index is 2.56. The molecule has 1 aromatic heterocycles. The van der Waals surface area contributed by atoms with Gasteiger partial charge < -0.3 is 4.74 Å². The Morgan fingerprint density at radius 1 is 1.35 bits per heavy atom. The molecule has 1 heterocycles. The number of rotatable bonds is 5. The van der Waals surface area contributed by atoms with Crippen LogP contribution < -0.4 is 9.04 Å². The summed E-state index contributed by atoms with van der Waals surface area (Å²) in [5, 5.41) is 2.19. The summed E-state index contributed by atoms with van der Waals surface area (Å²) >= 11 is 7.16. The van der Waals surface area contributed by atoms with Crippen LogP contribution in [0, 0.1) is 0 Å². The predicted octanol–water partition coefficient (Wildman–Crippen LogP) is 3.63. The first kappa shape index (κ1) is 15.2. The first-order valence-corrected chi connectivity index (χ1v) is 8.60. The summed E-state index contributed by atoms with van der Waals surface area (Å²) < 4.78 is 32.1. The fraction of sp³-hybridized carbons (Fsp3) is 0.231. The van der Waals surface area contributed by atoms with Gasteiger partial charge in [-0.15, -0.1) is 11.3 Å². The van der Waals surface area contributed by atoms with Crippen LogP contribution in [0.5, 0.6) is 5.75 Å². The monoisotopic (exact) mass is 331 g/mol. The van der Waals surface area contributed by atoms with Crippen LogP contribution in [0.2, 0.25) is 5.02 Å². The zero-order chi connectivity index (χ0) is 14.8.